The maximum atomic E-state index is 6.10. The van der Waals surface area contributed by atoms with E-state index in [1.807, 2.05) is 0 Å². The van der Waals surface area contributed by atoms with Gasteiger partial charge in [-0.15, -0.1) is 0 Å². The van der Waals surface area contributed by atoms with Crippen LogP contribution >= 0.6 is 0 Å². The first-order valence-electron chi connectivity index (χ1n) is 5.80. The van der Waals surface area contributed by atoms with Crippen LogP contribution in [-0.4, -0.2) is 6.04 Å². The standard InChI is InChI=1S/C14H21N/c1-9(2)10-6-5-7-11(8-10)12-13(15)14(12,3)4/h5-9,12-13H,15H2,1-4H3/t12-,13-/m1/s1. The van der Waals surface area contributed by atoms with E-state index in [4.69, 9.17) is 5.73 Å². The van der Waals surface area contributed by atoms with Gasteiger partial charge in [-0.05, 0) is 22.5 Å². The smallest absolute Gasteiger partial charge is 0.0172 e. The summed E-state index contributed by atoms with van der Waals surface area (Å²) in [5.74, 6) is 1.15. The Balaban J connectivity index is 2.28. The third-order valence-corrected chi connectivity index (χ3v) is 3.85. The monoisotopic (exact) mass is 203 g/mol. The second kappa shape index (κ2) is 3.34. The lowest BCUT2D eigenvalue weighted by Gasteiger charge is -2.08. The third-order valence-electron chi connectivity index (χ3n) is 3.85. The summed E-state index contributed by atoms with van der Waals surface area (Å²) in [6.45, 7) is 8.98. The topological polar surface area (TPSA) is 26.0 Å². The first kappa shape index (κ1) is 10.7. The zero-order valence-electron chi connectivity index (χ0n) is 10.1. The van der Waals surface area contributed by atoms with Gasteiger partial charge in [-0.25, -0.2) is 0 Å². The molecule has 15 heavy (non-hydrogen) atoms. The Labute approximate surface area is 92.7 Å². The van der Waals surface area contributed by atoms with Crippen molar-refractivity contribution >= 4 is 0 Å². The second-order valence-electron chi connectivity index (χ2n) is 5.65. The van der Waals surface area contributed by atoms with Crippen molar-refractivity contribution in [1.82, 2.24) is 0 Å². The minimum Gasteiger partial charge on any atom is -0.327 e. The van der Waals surface area contributed by atoms with Gasteiger partial charge in [-0.2, -0.15) is 0 Å². The molecule has 2 atom stereocenters. The van der Waals surface area contributed by atoms with Gasteiger partial charge in [0.15, 0.2) is 0 Å². The average molecular weight is 203 g/mol. The molecule has 0 spiro atoms. The summed E-state index contributed by atoms with van der Waals surface area (Å²) in [4.78, 5) is 0. The lowest BCUT2D eigenvalue weighted by molar-refractivity contribution is 0.599. The van der Waals surface area contributed by atoms with Gasteiger partial charge in [-0.3, -0.25) is 0 Å². The predicted molar refractivity (Wildman–Crippen MR) is 65.0 cm³/mol. The fraction of sp³-hybridized carbons (Fsp3) is 0.571. The molecule has 0 saturated heterocycles. The Bertz CT molecular complexity index is 365. The zero-order valence-corrected chi connectivity index (χ0v) is 10.1. The molecule has 1 nitrogen and oxygen atoms in total. The van der Waals surface area contributed by atoms with Crippen LogP contribution < -0.4 is 5.73 Å². The van der Waals surface area contributed by atoms with Gasteiger partial charge in [0.05, 0.1) is 0 Å². The Hall–Kier alpha value is -0.820. The van der Waals surface area contributed by atoms with Crippen LogP contribution in [0.15, 0.2) is 24.3 Å². The van der Waals surface area contributed by atoms with Crippen LogP contribution in [0.4, 0.5) is 0 Å². The molecule has 0 heterocycles. The second-order valence-corrected chi connectivity index (χ2v) is 5.65. The van der Waals surface area contributed by atoms with Crippen molar-refractivity contribution < 1.29 is 0 Å². The van der Waals surface area contributed by atoms with Crippen LogP contribution in [0.3, 0.4) is 0 Å². The number of hydrogen-bond donors (Lipinski definition) is 1. The summed E-state index contributed by atoms with van der Waals surface area (Å²) in [5.41, 5.74) is 9.22. The molecular formula is C14H21N. The Kier molecular flexibility index (Phi) is 2.38. The Morgan fingerprint density at radius 2 is 1.87 bits per heavy atom. The van der Waals surface area contributed by atoms with Crippen molar-refractivity contribution in [3.63, 3.8) is 0 Å². The molecular weight excluding hydrogens is 182 g/mol. The van der Waals surface area contributed by atoms with E-state index in [1.54, 1.807) is 0 Å². The van der Waals surface area contributed by atoms with Gasteiger partial charge in [0.2, 0.25) is 0 Å². The summed E-state index contributed by atoms with van der Waals surface area (Å²) in [6, 6.07) is 9.23. The predicted octanol–water partition coefficient (Wildman–Crippen LogP) is 3.26. The number of benzene rings is 1. The lowest BCUT2D eigenvalue weighted by atomic mass is 9.96. The molecule has 1 aromatic rings. The van der Waals surface area contributed by atoms with E-state index in [0.717, 1.165) is 0 Å². The average Bonchev–Trinajstić information content (AvgIpc) is 2.66. The highest BCUT2D eigenvalue weighted by Gasteiger charge is 2.56. The highest BCUT2D eigenvalue weighted by Crippen LogP contribution is 2.57. The van der Waals surface area contributed by atoms with Crippen LogP contribution in [0.1, 0.15) is 50.7 Å². The lowest BCUT2D eigenvalue weighted by Crippen LogP contribution is -2.06. The molecule has 1 aliphatic carbocycles. The molecule has 0 radical (unpaired) electrons. The van der Waals surface area contributed by atoms with Crippen LogP contribution in [0.5, 0.6) is 0 Å². The number of rotatable bonds is 2. The summed E-state index contributed by atoms with van der Waals surface area (Å²) in [7, 11) is 0. The summed E-state index contributed by atoms with van der Waals surface area (Å²) >= 11 is 0. The van der Waals surface area contributed by atoms with Crippen molar-refractivity contribution in [2.75, 3.05) is 0 Å². The first-order valence-corrected chi connectivity index (χ1v) is 5.80. The van der Waals surface area contributed by atoms with Gasteiger partial charge in [-0.1, -0.05) is 52.0 Å². The molecule has 1 heteroatoms. The molecule has 1 aliphatic rings. The van der Waals surface area contributed by atoms with Gasteiger partial charge in [0.25, 0.3) is 0 Å². The van der Waals surface area contributed by atoms with Crippen molar-refractivity contribution in [3.05, 3.63) is 35.4 Å². The molecule has 0 aliphatic heterocycles. The minimum atomic E-state index is 0.287. The van der Waals surface area contributed by atoms with Gasteiger partial charge in [0.1, 0.15) is 0 Å². The molecule has 0 amide bonds. The largest absolute Gasteiger partial charge is 0.327 e. The quantitative estimate of drug-likeness (QED) is 0.784. The van der Waals surface area contributed by atoms with Crippen molar-refractivity contribution in [1.29, 1.82) is 0 Å². The van der Waals surface area contributed by atoms with Gasteiger partial charge >= 0.3 is 0 Å². The zero-order chi connectivity index (χ0) is 11.2. The molecule has 0 aromatic heterocycles. The molecule has 2 rings (SSSR count). The van der Waals surface area contributed by atoms with Crippen LogP contribution in [0.25, 0.3) is 0 Å². The van der Waals surface area contributed by atoms with E-state index in [0.29, 0.717) is 17.9 Å². The summed E-state index contributed by atoms with van der Waals surface area (Å²) < 4.78 is 0. The molecule has 0 bridgehead atoms. The van der Waals surface area contributed by atoms with Crippen LogP contribution in [-0.2, 0) is 0 Å². The normalized spacial score (nSPS) is 28.1. The third kappa shape index (κ3) is 1.69. The molecule has 1 aromatic carbocycles. The molecule has 0 unspecified atom stereocenters. The molecule has 1 saturated carbocycles. The fourth-order valence-corrected chi connectivity index (χ4v) is 2.43. The Morgan fingerprint density at radius 3 is 2.33 bits per heavy atom. The molecule has 2 N–H and O–H groups in total. The van der Waals surface area contributed by atoms with E-state index in [-0.39, 0.29) is 5.41 Å². The maximum absolute atomic E-state index is 6.10. The van der Waals surface area contributed by atoms with Gasteiger partial charge in [0, 0.05) is 12.0 Å². The van der Waals surface area contributed by atoms with Crippen molar-refractivity contribution in [3.8, 4) is 0 Å². The first-order chi connectivity index (χ1) is 6.94. The minimum absolute atomic E-state index is 0.287. The maximum Gasteiger partial charge on any atom is 0.0172 e. The molecule has 82 valence electrons. The summed E-state index contributed by atoms with van der Waals surface area (Å²) in [6.07, 6.45) is 0. The summed E-state index contributed by atoms with van der Waals surface area (Å²) in [5, 5.41) is 0. The van der Waals surface area contributed by atoms with E-state index < -0.39 is 0 Å². The number of nitrogens with two attached hydrogens (primary N) is 1. The van der Waals surface area contributed by atoms with Crippen molar-refractivity contribution in [2.45, 2.75) is 45.6 Å². The van der Waals surface area contributed by atoms with E-state index in [1.165, 1.54) is 11.1 Å². The van der Waals surface area contributed by atoms with E-state index in [9.17, 15) is 0 Å². The highest BCUT2D eigenvalue weighted by atomic mass is 14.8. The fourth-order valence-electron chi connectivity index (χ4n) is 2.43. The molecule has 1 fully saturated rings. The SMILES string of the molecule is CC(C)c1cccc([C@@H]2[C@@H](N)C2(C)C)c1. The van der Waals surface area contributed by atoms with Crippen LogP contribution in [0.2, 0.25) is 0 Å². The van der Waals surface area contributed by atoms with Crippen molar-refractivity contribution in [2.24, 2.45) is 11.1 Å². The highest BCUT2D eigenvalue weighted by molar-refractivity contribution is 5.37. The van der Waals surface area contributed by atoms with Crippen LogP contribution in [0, 0.1) is 5.41 Å². The Morgan fingerprint density at radius 1 is 1.27 bits per heavy atom. The van der Waals surface area contributed by atoms with E-state index >= 15 is 0 Å². The number of hydrogen-bond acceptors (Lipinski definition) is 1. The van der Waals surface area contributed by atoms with E-state index in [2.05, 4.69) is 52.0 Å². The van der Waals surface area contributed by atoms with Gasteiger partial charge < -0.3 is 5.73 Å².